The summed E-state index contributed by atoms with van der Waals surface area (Å²) in [5.41, 5.74) is 2.25. The van der Waals surface area contributed by atoms with Crippen molar-refractivity contribution in [1.82, 2.24) is 5.32 Å². The van der Waals surface area contributed by atoms with Gasteiger partial charge < -0.3 is 10.1 Å². The largest absolute Gasteiger partial charge is 0.488 e. The molecule has 2 nitrogen and oxygen atoms in total. The van der Waals surface area contributed by atoms with Crippen LogP contribution in [0.4, 0.5) is 4.39 Å². The highest BCUT2D eigenvalue weighted by Crippen LogP contribution is 2.61. The summed E-state index contributed by atoms with van der Waals surface area (Å²) in [6.45, 7) is 3.46. The molecule has 1 unspecified atom stereocenters. The van der Waals surface area contributed by atoms with Crippen LogP contribution >= 0.6 is 0 Å². The number of hydrogen-bond acceptors (Lipinski definition) is 2. The van der Waals surface area contributed by atoms with Gasteiger partial charge in [-0.1, -0.05) is 36.4 Å². The van der Waals surface area contributed by atoms with Crippen molar-refractivity contribution in [3.8, 4) is 5.75 Å². The first-order valence-electron chi connectivity index (χ1n) is 11.3. The minimum atomic E-state index is -0.210. The lowest BCUT2D eigenvalue weighted by Gasteiger charge is -2.59. The van der Waals surface area contributed by atoms with Crippen LogP contribution < -0.4 is 10.1 Å². The van der Waals surface area contributed by atoms with Gasteiger partial charge in [0.1, 0.15) is 18.2 Å². The van der Waals surface area contributed by atoms with Crippen molar-refractivity contribution >= 4 is 0 Å². The summed E-state index contributed by atoms with van der Waals surface area (Å²) in [7, 11) is 0. The number of ether oxygens (including phenoxy) is 1. The predicted molar refractivity (Wildman–Crippen MR) is 114 cm³/mol. The second-order valence-corrected chi connectivity index (χ2v) is 9.87. The molecule has 0 aliphatic heterocycles. The number of para-hydroxylation sites is 1. The van der Waals surface area contributed by atoms with Crippen LogP contribution in [0.15, 0.2) is 48.5 Å². The molecule has 2 aromatic carbocycles. The smallest absolute Gasteiger partial charge is 0.129 e. The number of halogens is 1. The number of hydrogen-bond donors (Lipinski definition) is 1. The summed E-state index contributed by atoms with van der Waals surface area (Å²) in [5.74, 6) is 3.56. The number of benzene rings is 2. The average molecular weight is 394 g/mol. The average Bonchev–Trinajstić information content (AvgIpc) is 2.71. The second kappa shape index (κ2) is 7.75. The molecule has 0 spiro atoms. The van der Waals surface area contributed by atoms with E-state index in [4.69, 9.17) is 4.74 Å². The van der Waals surface area contributed by atoms with Gasteiger partial charge in [-0.25, -0.2) is 4.39 Å². The molecule has 0 amide bonds. The maximum absolute atomic E-state index is 13.9. The molecule has 154 valence electrons. The lowest BCUT2D eigenvalue weighted by atomic mass is 9.48. The Balaban J connectivity index is 1.24. The first kappa shape index (κ1) is 19.1. The van der Waals surface area contributed by atoms with Crippen molar-refractivity contribution in [2.45, 2.75) is 64.6 Å². The Bertz CT molecular complexity index is 828. The molecule has 0 radical (unpaired) electrons. The number of rotatable bonds is 7. The van der Waals surface area contributed by atoms with E-state index in [0.717, 1.165) is 35.6 Å². The summed E-state index contributed by atoms with van der Waals surface area (Å²) >= 11 is 0. The Morgan fingerprint density at radius 3 is 2.17 bits per heavy atom. The van der Waals surface area contributed by atoms with Crippen molar-refractivity contribution in [3.63, 3.8) is 0 Å². The molecule has 0 aromatic heterocycles. The fourth-order valence-corrected chi connectivity index (χ4v) is 6.75. The number of nitrogens with one attached hydrogen (secondary N) is 1. The van der Waals surface area contributed by atoms with Crippen LogP contribution in [0.2, 0.25) is 0 Å². The highest BCUT2D eigenvalue weighted by molar-refractivity contribution is 5.33. The van der Waals surface area contributed by atoms with Crippen LogP contribution in [-0.2, 0) is 13.2 Å². The van der Waals surface area contributed by atoms with E-state index in [1.165, 1.54) is 44.6 Å². The first-order chi connectivity index (χ1) is 14.1. The molecule has 4 bridgehead atoms. The maximum Gasteiger partial charge on any atom is 0.129 e. The Labute approximate surface area is 173 Å². The summed E-state index contributed by atoms with van der Waals surface area (Å²) in [6.07, 6.45) is 8.70. The molecule has 3 heteroatoms. The zero-order valence-electron chi connectivity index (χ0n) is 17.4. The molecule has 0 saturated heterocycles. The molecule has 2 aromatic rings. The van der Waals surface area contributed by atoms with E-state index in [2.05, 4.69) is 24.4 Å². The summed E-state index contributed by atoms with van der Waals surface area (Å²) < 4.78 is 19.9. The highest BCUT2D eigenvalue weighted by atomic mass is 19.1. The van der Waals surface area contributed by atoms with Crippen LogP contribution in [0.3, 0.4) is 0 Å². The second-order valence-electron chi connectivity index (χ2n) is 9.87. The van der Waals surface area contributed by atoms with Crippen molar-refractivity contribution < 1.29 is 9.13 Å². The molecule has 29 heavy (non-hydrogen) atoms. The molecule has 1 N–H and O–H groups in total. The van der Waals surface area contributed by atoms with Gasteiger partial charge in [-0.15, -0.1) is 0 Å². The van der Waals surface area contributed by atoms with E-state index in [9.17, 15) is 4.39 Å². The van der Waals surface area contributed by atoms with Gasteiger partial charge in [0, 0.05) is 23.7 Å². The van der Waals surface area contributed by atoms with Crippen LogP contribution in [0.25, 0.3) is 0 Å². The Morgan fingerprint density at radius 2 is 1.52 bits per heavy atom. The Morgan fingerprint density at radius 1 is 0.931 bits per heavy atom. The molecule has 4 fully saturated rings. The fraction of sp³-hybridized carbons (Fsp3) is 0.538. The van der Waals surface area contributed by atoms with Crippen LogP contribution in [0.1, 0.15) is 56.6 Å². The van der Waals surface area contributed by atoms with E-state index >= 15 is 0 Å². The minimum Gasteiger partial charge on any atom is -0.488 e. The SMILES string of the molecule is CC(NCc1ccccc1OCc1ccccc1F)C12CC3CC(CC(C3)C1)C2. The Hall–Kier alpha value is -1.87. The summed E-state index contributed by atoms with van der Waals surface area (Å²) in [6, 6.07) is 15.5. The summed E-state index contributed by atoms with van der Waals surface area (Å²) in [4.78, 5) is 0. The van der Waals surface area contributed by atoms with Gasteiger partial charge in [0.2, 0.25) is 0 Å². The zero-order valence-corrected chi connectivity index (χ0v) is 17.4. The van der Waals surface area contributed by atoms with Gasteiger partial charge in [0.05, 0.1) is 0 Å². The van der Waals surface area contributed by atoms with Crippen molar-refractivity contribution in [1.29, 1.82) is 0 Å². The van der Waals surface area contributed by atoms with Crippen molar-refractivity contribution in [3.05, 3.63) is 65.5 Å². The van der Waals surface area contributed by atoms with E-state index in [0.29, 0.717) is 17.0 Å². The summed E-state index contributed by atoms with van der Waals surface area (Å²) in [5, 5.41) is 3.85. The molecule has 0 heterocycles. The van der Waals surface area contributed by atoms with Crippen LogP contribution in [-0.4, -0.2) is 6.04 Å². The molecule has 4 aliphatic rings. The van der Waals surface area contributed by atoms with Crippen LogP contribution in [0.5, 0.6) is 5.75 Å². The topological polar surface area (TPSA) is 21.3 Å². The standard InChI is InChI=1S/C26H32FNO/c1-18(26-13-19-10-20(14-26)12-21(11-19)15-26)28-16-22-6-3-5-9-25(22)29-17-23-7-2-4-8-24(23)27/h2-9,18-21,28H,10-17H2,1H3. The third kappa shape index (κ3) is 3.82. The maximum atomic E-state index is 13.9. The molecule has 4 aliphatic carbocycles. The van der Waals surface area contributed by atoms with E-state index in [1.807, 2.05) is 18.2 Å². The molecule has 1 atom stereocenters. The Kier molecular flexibility index (Phi) is 5.11. The lowest BCUT2D eigenvalue weighted by Crippen LogP contribution is -2.54. The monoisotopic (exact) mass is 393 g/mol. The normalized spacial score (nSPS) is 31.0. The first-order valence-corrected chi connectivity index (χ1v) is 11.3. The molecular formula is C26H32FNO. The van der Waals surface area contributed by atoms with Gasteiger partial charge in [0.25, 0.3) is 0 Å². The van der Waals surface area contributed by atoms with Gasteiger partial charge in [-0.05, 0) is 80.8 Å². The van der Waals surface area contributed by atoms with E-state index in [-0.39, 0.29) is 12.4 Å². The highest BCUT2D eigenvalue weighted by Gasteiger charge is 2.52. The van der Waals surface area contributed by atoms with Gasteiger partial charge >= 0.3 is 0 Å². The van der Waals surface area contributed by atoms with Crippen molar-refractivity contribution in [2.24, 2.45) is 23.2 Å². The van der Waals surface area contributed by atoms with Gasteiger partial charge in [-0.3, -0.25) is 0 Å². The van der Waals surface area contributed by atoms with Crippen LogP contribution in [0, 0.1) is 29.0 Å². The molecular weight excluding hydrogens is 361 g/mol. The lowest BCUT2D eigenvalue weighted by molar-refractivity contribution is -0.0706. The third-order valence-corrected chi connectivity index (χ3v) is 7.92. The minimum absolute atomic E-state index is 0.210. The molecule has 6 rings (SSSR count). The van der Waals surface area contributed by atoms with E-state index < -0.39 is 0 Å². The van der Waals surface area contributed by atoms with Gasteiger partial charge in [0.15, 0.2) is 0 Å². The van der Waals surface area contributed by atoms with E-state index in [1.54, 1.807) is 12.1 Å². The quantitative estimate of drug-likeness (QED) is 0.614. The van der Waals surface area contributed by atoms with Gasteiger partial charge in [-0.2, -0.15) is 0 Å². The molecule has 4 saturated carbocycles. The third-order valence-electron chi connectivity index (χ3n) is 7.92. The van der Waals surface area contributed by atoms with Crippen molar-refractivity contribution in [2.75, 3.05) is 0 Å². The predicted octanol–water partition coefficient (Wildman–Crippen LogP) is 6.10. The fourth-order valence-electron chi connectivity index (χ4n) is 6.75. The zero-order chi connectivity index (χ0) is 19.8.